The van der Waals surface area contributed by atoms with Crippen molar-refractivity contribution in [3.05, 3.63) is 0 Å². The second-order valence-corrected chi connectivity index (χ2v) is 4.69. The lowest BCUT2D eigenvalue weighted by molar-refractivity contribution is -0.182. The zero-order chi connectivity index (χ0) is 10.9. The molecule has 4 heteroatoms. The summed E-state index contributed by atoms with van der Waals surface area (Å²) in [4.78, 5) is 18.9. The van der Waals surface area contributed by atoms with Crippen LogP contribution in [0.1, 0.15) is 27.2 Å². The van der Waals surface area contributed by atoms with Gasteiger partial charge in [-0.05, 0) is 27.2 Å². The summed E-state index contributed by atoms with van der Waals surface area (Å²) >= 11 is 0. The van der Waals surface area contributed by atoms with Crippen molar-refractivity contribution in [1.82, 2.24) is 9.96 Å². The Kier molecular flexibility index (Phi) is 3.17. The van der Waals surface area contributed by atoms with Crippen molar-refractivity contribution in [2.75, 3.05) is 20.7 Å². The van der Waals surface area contributed by atoms with Crippen LogP contribution in [0.3, 0.4) is 0 Å². The van der Waals surface area contributed by atoms with E-state index < -0.39 is 0 Å². The minimum Gasteiger partial charge on any atom is -0.287 e. The van der Waals surface area contributed by atoms with Crippen molar-refractivity contribution in [2.24, 2.45) is 0 Å². The molecular weight excluding hydrogens is 180 g/mol. The monoisotopic (exact) mass is 200 g/mol. The van der Waals surface area contributed by atoms with E-state index >= 15 is 0 Å². The summed E-state index contributed by atoms with van der Waals surface area (Å²) in [6.45, 7) is 7.37. The van der Waals surface area contributed by atoms with Gasteiger partial charge in [-0.1, -0.05) is 0 Å². The Bertz CT molecular complexity index is 223. The first-order valence-corrected chi connectivity index (χ1v) is 4.96. The van der Waals surface area contributed by atoms with Gasteiger partial charge in [0.1, 0.15) is 0 Å². The van der Waals surface area contributed by atoms with E-state index in [-0.39, 0.29) is 17.5 Å². The first-order chi connectivity index (χ1) is 6.38. The van der Waals surface area contributed by atoms with E-state index in [4.69, 9.17) is 4.84 Å². The SMILES string of the molecule is CON(C)C(=O)[C@H]1CCN1C(C)(C)C. The van der Waals surface area contributed by atoms with Crippen LogP contribution in [0.2, 0.25) is 0 Å². The zero-order valence-corrected chi connectivity index (χ0v) is 9.70. The third kappa shape index (κ3) is 2.07. The van der Waals surface area contributed by atoms with Gasteiger partial charge in [0.25, 0.3) is 5.91 Å². The predicted octanol–water partition coefficient (Wildman–Crippen LogP) is 0.879. The molecule has 1 atom stereocenters. The molecule has 82 valence electrons. The van der Waals surface area contributed by atoms with Gasteiger partial charge < -0.3 is 0 Å². The van der Waals surface area contributed by atoms with Crippen LogP contribution in [0.5, 0.6) is 0 Å². The van der Waals surface area contributed by atoms with E-state index in [0.717, 1.165) is 13.0 Å². The van der Waals surface area contributed by atoms with Crippen LogP contribution >= 0.6 is 0 Å². The maximum absolute atomic E-state index is 11.8. The van der Waals surface area contributed by atoms with E-state index in [0.29, 0.717) is 0 Å². The third-order valence-corrected chi connectivity index (χ3v) is 2.75. The second-order valence-electron chi connectivity index (χ2n) is 4.69. The number of nitrogens with zero attached hydrogens (tertiary/aromatic N) is 2. The molecular formula is C10H20N2O2. The van der Waals surface area contributed by atoms with Gasteiger partial charge in [0, 0.05) is 19.1 Å². The molecule has 0 aromatic heterocycles. The Morgan fingerprint density at radius 3 is 2.36 bits per heavy atom. The van der Waals surface area contributed by atoms with Crippen molar-refractivity contribution >= 4 is 5.91 Å². The average molecular weight is 200 g/mol. The molecule has 1 amide bonds. The molecule has 0 N–H and O–H groups in total. The van der Waals surface area contributed by atoms with Crippen LogP contribution in [-0.2, 0) is 9.63 Å². The molecule has 0 bridgehead atoms. The van der Waals surface area contributed by atoms with Crippen molar-refractivity contribution in [1.29, 1.82) is 0 Å². The van der Waals surface area contributed by atoms with Crippen LogP contribution < -0.4 is 0 Å². The fourth-order valence-electron chi connectivity index (χ4n) is 1.75. The summed E-state index contributed by atoms with van der Waals surface area (Å²) in [6, 6.07) is -0.0000463. The maximum Gasteiger partial charge on any atom is 0.263 e. The molecule has 0 saturated carbocycles. The van der Waals surface area contributed by atoms with Gasteiger partial charge in [0.05, 0.1) is 13.2 Å². The highest BCUT2D eigenvalue weighted by atomic mass is 16.7. The molecule has 14 heavy (non-hydrogen) atoms. The fourth-order valence-corrected chi connectivity index (χ4v) is 1.75. The van der Waals surface area contributed by atoms with Gasteiger partial charge in [-0.3, -0.25) is 14.5 Å². The summed E-state index contributed by atoms with van der Waals surface area (Å²) < 4.78 is 0. The Labute approximate surface area is 85.8 Å². The quantitative estimate of drug-likeness (QED) is 0.620. The van der Waals surface area contributed by atoms with Gasteiger partial charge in [0.2, 0.25) is 0 Å². The maximum atomic E-state index is 11.8. The highest BCUT2D eigenvalue weighted by molar-refractivity contribution is 5.81. The highest BCUT2D eigenvalue weighted by Gasteiger charge is 2.41. The molecule has 0 radical (unpaired) electrons. The Hall–Kier alpha value is -0.610. The molecule has 0 aromatic rings. The lowest BCUT2D eigenvalue weighted by atomic mass is 9.93. The topological polar surface area (TPSA) is 32.8 Å². The molecule has 1 fully saturated rings. The number of carbonyl (C=O) groups excluding carboxylic acids is 1. The normalized spacial score (nSPS) is 23.1. The number of rotatable bonds is 2. The van der Waals surface area contributed by atoms with Crippen molar-refractivity contribution in [3.63, 3.8) is 0 Å². The molecule has 0 unspecified atom stereocenters. The first-order valence-electron chi connectivity index (χ1n) is 4.96. The molecule has 1 aliphatic heterocycles. The molecule has 0 spiro atoms. The minimum absolute atomic E-state index is 0.0000463. The van der Waals surface area contributed by atoms with Crippen LogP contribution in [-0.4, -0.2) is 48.2 Å². The molecule has 1 rings (SSSR count). The number of hydrogen-bond acceptors (Lipinski definition) is 3. The zero-order valence-electron chi connectivity index (χ0n) is 9.70. The van der Waals surface area contributed by atoms with Crippen LogP contribution in [0.4, 0.5) is 0 Å². The predicted molar refractivity (Wildman–Crippen MR) is 54.6 cm³/mol. The molecule has 1 saturated heterocycles. The third-order valence-electron chi connectivity index (χ3n) is 2.75. The lowest BCUT2D eigenvalue weighted by Crippen LogP contribution is -2.62. The average Bonchev–Trinajstić information content (AvgIpc) is 1.97. The van der Waals surface area contributed by atoms with Crippen LogP contribution in [0, 0.1) is 0 Å². The summed E-state index contributed by atoms with van der Waals surface area (Å²) in [5.41, 5.74) is 0.0627. The first kappa shape index (κ1) is 11.5. The Morgan fingerprint density at radius 1 is 1.50 bits per heavy atom. The van der Waals surface area contributed by atoms with E-state index in [1.165, 1.54) is 12.2 Å². The van der Waals surface area contributed by atoms with Gasteiger partial charge >= 0.3 is 0 Å². The van der Waals surface area contributed by atoms with Crippen molar-refractivity contribution in [2.45, 2.75) is 38.8 Å². The molecule has 1 heterocycles. The minimum atomic E-state index is -0.0000463. The summed E-state index contributed by atoms with van der Waals surface area (Å²) in [6.07, 6.45) is 0.934. The van der Waals surface area contributed by atoms with Gasteiger partial charge in [-0.15, -0.1) is 0 Å². The standard InChI is InChI=1S/C10H20N2O2/c1-10(2,3)12-7-6-8(12)9(13)11(4)14-5/h8H,6-7H2,1-5H3/t8-/m1/s1. The van der Waals surface area contributed by atoms with Gasteiger partial charge in [0.15, 0.2) is 0 Å². The number of carbonyl (C=O) groups is 1. The molecule has 0 aliphatic carbocycles. The van der Waals surface area contributed by atoms with E-state index in [1.807, 2.05) is 0 Å². The van der Waals surface area contributed by atoms with Gasteiger partial charge in [-0.25, -0.2) is 5.06 Å². The highest BCUT2D eigenvalue weighted by Crippen LogP contribution is 2.28. The number of likely N-dealkylation sites (N-methyl/N-ethyl adjacent to an activating group) is 1. The van der Waals surface area contributed by atoms with Gasteiger partial charge in [-0.2, -0.15) is 0 Å². The van der Waals surface area contributed by atoms with E-state index in [9.17, 15) is 4.79 Å². The van der Waals surface area contributed by atoms with E-state index in [1.54, 1.807) is 7.05 Å². The fraction of sp³-hybridized carbons (Fsp3) is 0.900. The summed E-state index contributed by atoms with van der Waals surface area (Å²) in [5.74, 6) is 0.0497. The smallest absolute Gasteiger partial charge is 0.263 e. The molecule has 1 aliphatic rings. The summed E-state index contributed by atoms with van der Waals surface area (Å²) in [7, 11) is 3.17. The van der Waals surface area contributed by atoms with Crippen LogP contribution in [0.25, 0.3) is 0 Å². The number of hydroxylamine groups is 2. The largest absolute Gasteiger partial charge is 0.287 e. The van der Waals surface area contributed by atoms with Crippen LogP contribution in [0.15, 0.2) is 0 Å². The number of hydrogen-bond donors (Lipinski definition) is 0. The molecule has 0 aromatic carbocycles. The Balaban J connectivity index is 2.59. The summed E-state index contributed by atoms with van der Waals surface area (Å²) in [5, 5.41) is 1.31. The number of amides is 1. The number of likely N-dealkylation sites (tertiary alicyclic amines) is 1. The van der Waals surface area contributed by atoms with Crippen molar-refractivity contribution in [3.8, 4) is 0 Å². The van der Waals surface area contributed by atoms with Crippen molar-refractivity contribution < 1.29 is 9.63 Å². The lowest BCUT2D eigenvalue weighted by Gasteiger charge is -2.49. The Morgan fingerprint density at radius 2 is 2.07 bits per heavy atom. The molecule has 4 nitrogen and oxygen atoms in total. The van der Waals surface area contributed by atoms with E-state index in [2.05, 4.69) is 25.7 Å². The second kappa shape index (κ2) is 3.87.